The lowest BCUT2D eigenvalue weighted by Crippen LogP contribution is -2.65. The van der Waals surface area contributed by atoms with Crippen molar-refractivity contribution in [3.05, 3.63) is 0 Å². The van der Waals surface area contributed by atoms with Crippen LogP contribution in [-0.4, -0.2) is 39.8 Å². The Labute approximate surface area is 142 Å². The van der Waals surface area contributed by atoms with E-state index in [1.54, 1.807) is 0 Å². The van der Waals surface area contributed by atoms with Crippen LogP contribution >= 0.6 is 0 Å². The highest BCUT2D eigenvalue weighted by Crippen LogP contribution is 2.49. The van der Waals surface area contributed by atoms with Gasteiger partial charge in [-0.15, -0.1) is 0 Å². The molecule has 0 aromatic rings. The standard InChI is InChI=1S/C19H36N2O2/c1-8-11-12-21-15(22)18(23-19(21,9-2)10-3)13-16(4,5)20-17(6,7)14-18/h20H,8-14H2,1-7H3. The second-order valence-corrected chi connectivity index (χ2v) is 8.81. The summed E-state index contributed by atoms with van der Waals surface area (Å²) in [6.07, 6.45) is 5.33. The second-order valence-electron chi connectivity index (χ2n) is 8.81. The minimum Gasteiger partial charge on any atom is -0.339 e. The summed E-state index contributed by atoms with van der Waals surface area (Å²) in [7, 11) is 0. The third-order valence-corrected chi connectivity index (χ3v) is 5.48. The number of ether oxygens (including phenoxy) is 1. The number of hydrogen-bond donors (Lipinski definition) is 1. The molecule has 2 aliphatic rings. The number of carbonyl (C=O) groups is 1. The molecule has 0 radical (unpaired) electrons. The van der Waals surface area contributed by atoms with E-state index < -0.39 is 11.3 Å². The lowest BCUT2D eigenvalue weighted by atomic mass is 9.72. The normalized spacial score (nSPS) is 27.6. The zero-order valence-electron chi connectivity index (χ0n) is 16.2. The molecule has 2 aliphatic heterocycles. The van der Waals surface area contributed by atoms with E-state index >= 15 is 0 Å². The average Bonchev–Trinajstić information content (AvgIpc) is 2.62. The summed E-state index contributed by atoms with van der Waals surface area (Å²) in [5.41, 5.74) is -1.30. The molecule has 1 amide bonds. The van der Waals surface area contributed by atoms with Crippen molar-refractivity contribution < 1.29 is 9.53 Å². The lowest BCUT2D eigenvalue weighted by Gasteiger charge is -2.50. The zero-order chi connectivity index (χ0) is 17.5. The van der Waals surface area contributed by atoms with Gasteiger partial charge in [0.25, 0.3) is 5.91 Å². The number of carbonyl (C=O) groups excluding carboxylic acids is 1. The summed E-state index contributed by atoms with van der Waals surface area (Å²) in [4.78, 5) is 15.5. The van der Waals surface area contributed by atoms with E-state index in [-0.39, 0.29) is 17.0 Å². The van der Waals surface area contributed by atoms with Gasteiger partial charge >= 0.3 is 0 Å². The van der Waals surface area contributed by atoms with Crippen LogP contribution in [0.5, 0.6) is 0 Å². The Bertz CT molecular complexity index is 436. The first kappa shape index (κ1) is 18.7. The third-order valence-electron chi connectivity index (χ3n) is 5.48. The molecule has 0 saturated carbocycles. The molecular weight excluding hydrogens is 288 g/mol. The maximum atomic E-state index is 13.5. The van der Waals surface area contributed by atoms with E-state index in [4.69, 9.17) is 4.74 Å². The molecule has 0 aromatic carbocycles. The van der Waals surface area contributed by atoms with Crippen LogP contribution in [0.4, 0.5) is 0 Å². The molecule has 0 bridgehead atoms. The summed E-state index contributed by atoms with van der Waals surface area (Å²) in [5, 5.41) is 3.67. The fourth-order valence-electron chi connectivity index (χ4n) is 5.01. The van der Waals surface area contributed by atoms with Crippen LogP contribution in [-0.2, 0) is 9.53 Å². The average molecular weight is 325 g/mol. The van der Waals surface area contributed by atoms with Crippen molar-refractivity contribution in [2.45, 2.75) is 109 Å². The number of hydrogen-bond acceptors (Lipinski definition) is 3. The molecule has 1 N–H and O–H groups in total. The van der Waals surface area contributed by atoms with Gasteiger partial charge in [0.05, 0.1) is 0 Å². The van der Waals surface area contributed by atoms with E-state index in [2.05, 4.69) is 58.7 Å². The Morgan fingerprint density at radius 1 is 1.04 bits per heavy atom. The summed E-state index contributed by atoms with van der Waals surface area (Å²) >= 11 is 0. The molecule has 2 rings (SSSR count). The number of rotatable bonds is 5. The number of nitrogens with zero attached hydrogens (tertiary/aromatic N) is 1. The van der Waals surface area contributed by atoms with Gasteiger partial charge in [-0.25, -0.2) is 0 Å². The molecule has 0 aliphatic carbocycles. The van der Waals surface area contributed by atoms with Crippen LogP contribution in [0.2, 0.25) is 0 Å². The maximum absolute atomic E-state index is 13.5. The van der Waals surface area contributed by atoms with Gasteiger partial charge in [0.1, 0.15) is 5.72 Å². The molecule has 0 unspecified atom stereocenters. The lowest BCUT2D eigenvalue weighted by molar-refractivity contribution is -0.172. The predicted molar refractivity (Wildman–Crippen MR) is 94.3 cm³/mol. The van der Waals surface area contributed by atoms with Gasteiger partial charge in [0.2, 0.25) is 0 Å². The Hall–Kier alpha value is -0.610. The smallest absolute Gasteiger partial charge is 0.257 e. The van der Waals surface area contributed by atoms with Crippen LogP contribution in [0, 0.1) is 0 Å². The van der Waals surface area contributed by atoms with E-state index in [9.17, 15) is 4.79 Å². The zero-order valence-corrected chi connectivity index (χ0v) is 16.2. The number of nitrogens with one attached hydrogen (secondary N) is 1. The van der Waals surface area contributed by atoms with Crippen molar-refractivity contribution in [2.75, 3.05) is 6.54 Å². The Balaban J connectivity index is 2.41. The minimum atomic E-state index is -0.669. The molecule has 0 aromatic heterocycles. The Morgan fingerprint density at radius 2 is 1.57 bits per heavy atom. The molecular formula is C19H36N2O2. The van der Waals surface area contributed by atoms with Crippen molar-refractivity contribution in [2.24, 2.45) is 0 Å². The van der Waals surface area contributed by atoms with Gasteiger partial charge in [0, 0.05) is 30.5 Å². The summed E-state index contributed by atoms with van der Waals surface area (Å²) in [5.74, 6) is 0.220. The molecule has 4 heteroatoms. The largest absolute Gasteiger partial charge is 0.339 e. The van der Waals surface area contributed by atoms with Crippen molar-refractivity contribution in [1.29, 1.82) is 0 Å². The Kier molecular flexibility index (Phi) is 4.91. The van der Waals surface area contributed by atoms with Crippen LogP contribution in [0.25, 0.3) is 0 Å². The quantitative estimate of drug-likeness (QED) is 0.835. The first-order valence-electron chi connectivity index (χ1n) is 9.37. The van der Waals surface area contributed by atoms with Crippen molar-refractivity contribution in [1.82, 2.24) is 10.2 Å². The van der Waals surface area contributed by atoms with Crippen molar-refractivity contribution in [3.8, 4) is 0 Å². The molecule has 2 fully saturated rings. The fourth-order valence-corrected chi connectivity index (χ4v) is 5.01. The number of unbranched alkanes of at least 4 members (excludes halogenated alkanes) is 1. The highest BCUT2D eigenvalue weighted by atomic mass is 16.6. The Morgan fingerprint density at radius 3 is 2.00 bits per heavy atom. The molecule has 1 spiro atoms. The molecule has 2 saturated heterocycles. The maximum Gasteiger partial charge on any atom is 0.257 e. The van der Waals surface area contributed by atoms with Crippen molar-refractivity contribution in [3.63, 3.8) is 0 Å². The molecule has 0 atom stereocenters. The molecule has 134 valence electrons. The highest BCUT2D eigenvalue weighted by Gasteiger charge is 2.63. The SMILES string of the molecule is CCCCN1C(=O)C2(CC(C)(C)NC(C)(C)C2)OC1(CC)CC. The summed E-state index contributed by atoms with van der Waals surface area (Å²) in [6, 6.07) is 0. The second kappa shape index (κ2) is 6.03. The van der Waals surface area contributed by atoms with E-state index in [1.807, 2.05) is 0 Å². The first-order valence-corrected chi connectivity index (χ1v) is 9.37. The topological polar surface area (TPSA) is 41.6 Å². The predicted octanol–water partition coefficient (Wildman–Crippen LogP) is 3.84. The molecule has 23 heavy (non-hydrogen) atoms. The van der Waals surface area contributed by atoms with Gasteiger partial charge in [0.15, 0.2) is 5.60 Å². The number of amides is 1. The number of piperidine rings is 1. The minimum absolute atomic E-state index is 0.106. The van der Waals surface area contributed by atoms with E-state index in [1.165, 1.54) is 0 Å². The van der Waals surface area contributed by atoms with Crippen LogP contribution in [0.15, 0.2) is 0 Å². The third kappa shape index (κ3) is 3.30. The molecule has 4 nitrogen and oxygen atoms in total. The van der Waals surface area contributed by atoms with Crippen LogP contribution < -0.4 is 5.32 Å². The summed E-state index contributed by atoms with van der Waals surface area (Å²) in [6.45, 7) is 16.0. The van der Waals surface area contributed by atoms with Crippen LogP contribution in [0.1, 0.15) is 87.0 Å². The highest BCUT2D eigenvalue weighted by molar-refractivity contribution is 5.88. The summed E-state index contributed by atoms with van der Waals surface area (Å²) < 4.78 is 6.71. The van der Waals surface area contributed by atoms with Gasteiger partial charge in [-0.05, 0) is 47.0 Å². The molecule has 2 heterocycles. The van der Waals surface area contributed by atoms with Gasteiger partial charge in [-0.3, -0.25) is 4.79 Å². The van der Waals surface area contributed by atoms with Gasteiger partial charge < -0.3 is 15.0 Å². The van der Waals surface area contributed by atoms with E-state index in [0.717, 1.165) is 45.1 Å². The monoisotopic (exact) mass is 324 g/mol. The van der Waals surface area contributed by atoms with Gasteiger partial charge in [-0.2, -0.15) is 0 Å². The van der Waals surface area contributed by atoms with Crippen LogP contribution in [0.3, 0.4) is 0 Å². The van der Waals surface area contributed by atoms with Gasteiger partial charge in [-0.1, -0.05) is 27.2 Å². The van der Waals surface area contributed by atoms with E-state index in [0.29, 0.717) is 0 Å². The van der Waals surface area contributed by atoms with Crippen molar-refractivity contribution >= 4 is 5.91 Å². The fraction of sp³-hybridized carbons (Fsp3) is 0.947. The first-order chi connectivity index (χ1) is 10.6.